The van der Waals surface area contributed by atoms with Crippen LogP contribution in [0.15, 0.2) is 47.5 Å². The molecule has 6 rings (SSSR count). The van der Waals surface area contributed by atoms with Gasteiger partial charge < -0.3 is 10.2 Å². The number of hydrogen-bond acceptors (Lipinski definition) is 5. The Labute approximate surface area is 155 Å². The molecule has 2 bridgehead atoms. The van der Waals surface area contributed by atoms with Gasteiger partial charge in [0.15, 0.2) is 0 Å². The predicted octanol–water partition coefficient (Wildman–Crippen LogP) is 3.08. The lowest BCUT2D eigenvalue weighted by molar-refractivity contribution is -0.0266. The van der Waals surface area contributed by atoms with Crippen LogP contribution in [0.4, 0.5) is 16.0 Å². The summed E-state index contributed by atoms with van der Waals surface area (Å²) < 4.78 is 15.5. The number of benzene rings is 1. The molecule has 7 heteroatoms. The summed E-state index contributed by atoms with van der Waals surface area (Å²) >= 11 is 0. The van der Waals surface area contributed by atoms with E-state index in [1.807, 2.05) is 12.1 Å². The van der Waals surface area contributed by atoms with Crippen LogP contribution in [0.5, 0.6) is 0 Å². The summed E-state index contributed by atoms with van der Waals surface area (Å²) in [5, 5.41) is 3.56. The molecule has 1 aliphatic carbocycles. The molecule has 1 N–H and O–H groups in total. The molecule has 3 aromatic rings. The number of nitrogens with one attached hydrogen (secondary N) is 1. The quantitative estimate of drug-likeness (QED) is 0.773. The van der Waals surface area contributed by atoms with Crippen molar-refractivity contribution in [2.75, 3.05) is 12.4 Å². The van der Waals surface area contributed by atoms with Crippen LogP contribution in [0.2, 0.25) is 0 Å². The normalized spacial score (nSPS) is 24.6. The third-order valence-corrected chi connectivity index (χ3v) is 5.93. The van der Waals surface area contributed by atoms with Crippen molar-refractivity contribution in [2.24, 2.45) is 0 Å². The summed E-state index contributed by atoms with van der Waals surface area (Å²) in [6.45, 7) is 0. The van der Waals surface area contributed by atoms with Crippen LogP contribution < -0.4 is 10.9 Å². The molecule has 1 aromatic carbocycles. The Balaban J connectivity index is 1.65. The number of aromatic nitrogens is 3. The van der Waals surface area contributed by atoms with E-state index in [2.05, 4.69) is 27.2 Å². The van der Waals surface area contributed by atoms with Crippen LogP contribution in [0.25, 0.3) is 10.9 Å². The Morgan fingerprint density at radius 2 is 1.93 bits per heavy atom. The highest BCUT2D eigenvalue weighted by molar-refractivity contribution is 5.79. The molecule has 3 aliphatic rings. The van der Waals surface area contributed by atoms with Crippen molar-refractivity contribution in [3.63, 3.8) is 0 Å². The second kappa shape index (κ2) is 6.13. The molecule has 138 valence electrons. The Bertz CT molecular complexity index is 1060. The molecular weight excluding hydrogens is 345 g/mol. The van der Waals surface area contributed by atoms with Gasteiger partial charge in [0.05, 0.1) is 22.8 Å². The van der Waals surface area contributed by atoms with Crippen molar-refractivity contribution in [3.05, 3.63) is 58.9 Å². The molecule has 2 saturated heterocycles. The minimum atomic E-state index is -0.424. The highest BCUT2D eigenvalue weighted by Gasteiger charge is 2.44. The number of fused-ring (bicyclic) bond motifs is 3. The molecule has 27 heavy (non-hydrogen) atoms. The fraction of sp³-hybridized carbons (Fsp3) is 0.350. The zero-order chi connectivity index (χ0) is 18.5. The molecule has 4 heterocycles. The van der Waals surface area contributed by atoms with Crippen LogP contribution in [0.1, 0.15) is 25.3 Å². The summed E-state index contributed by atoms with van der Waals surface area (Å²) in [5.41, 5.74) is 1.06. The highest BCUT2D eigenvalue weighted by Crippen LogP contribution is 2.42. The third kappa shape index (κ3) is 2.70. The number of anilines is 2. The number of halogens is 1. The Hall–Kier alpha value is -2.80. The maximum atomic E-state index is 13.8. The molecule has 1 saturated carbocycles. The second-order valence-corrected chi connectivity index (χ2v) is 7.47. The van der Waals surface area contributed by atoms with Gasteiger partial charge in [-0.1, -0.05) is 0 Å². The van der Waals surface area contributed by atoms with Gasteiger partial charge >= 0.3 is 0 Å². The molecule has 0 spiro atoms. The number of rotatable bonds is 3. The second-order valence-electron chi connectivity index (χ2n) is 7.47. The molecule has 3 fully saturated rings. The van der Waals surface area contributed by atoms with Crippen LogP contribution in [-0.2, 0) is 0 Å². The van der Waals surface area contributed by atoms with Gasteiger partial charge in [-0.15, -0.1) is 0 Å². The first-order valence-corrected chi connectivity index (χ1v) is 9.21. The first-order chi connectivity index (χ1) is 13.1. The molecule has 2 aromatic heterocycles. The van der Waals surface area contributed by atoms with Crippen molar-refractivity contribution < 1.29 is 4.39 Å². The monoisotopic (exact) mass is 365 g/mol. The number of pyridine rings is 1. The highest BCUT2D eigenvalue weighted by atomic mass is 19.1. The van der Waals surface area contributed by atoms with Gasteiger partial charge in [0.25, 0.3) is 5.56 Å². The number of nitrogens with zero attached hydrogens (tertiary/aromatic N) is 4. The molecule has 2 aliphatic heterocycles. The Kier molecular flexibility index (Phi) is 3.72. The zero-order valence-corrected chi connectivity index (χ0v) is 15.0. The lowest BCUT2D eigenvalue weighted by Crippen LogP contribution is -2.59. The summed E-state index contributed by atoms with van der Waals surface area (Å²) in [5.74, 6) is 0.0632. The molecule has 0 amide bonds. The van der Waals surface area contributed by atoms with Gasteiger partial charge in [-0.25, -0.2) is 9.37 Å². The van der Waals surface area contributed by atoms with E-state index in [0.29, 0.717) is 28.9 Å². The lowest BCUT2D eigenvalue weighted by Gasteiger charge is -2.54. The van der Waals surface area contributed by atoms with Gasteiger partial charge in [-0.2, -0.15) is 0 Å². The van der Waals surface area contributed by atoms with E-state index < -0.39 is 5.82 Å². The average molecular weight is 365 g/mol. The van der Waals surface area contributed by atoms with Gasteiger partial charge in [0, 0.05) is 24.3 Å². The topological polar surface area (TPSA) is 63.1 Å². The van der Waals surface area contributed by atoms with E-state index in [1.54, 1.807) is 23.0 Å². The molecule has 2 unspecified atom stereocenters. The van der Waals surface area contributed by atoms with Crippen molar-refractivity contribution in [2.45, 2.75) is 37.4 Å². The minimum Gasteiger partial charge on any atom is -0.324 e. The zero-order valence-electron chi connectivity index (χ0n) is 15.0. The van der Waals surface area contributed by atoms with E-state index in [1.165, 1.54) is 18.6 Å². The van der Waals surface area contributed by atoms with Gasteiger partial charge in [0.1, 0.15) is 5.82 Å². The van der Waals surface area contributed by atoms with Crippen LogP contribution in [0.3, 0.4) is 0 Å². The Morgan fingerprint density at radius 3 is 2.63 bits per heavy atom. The molecular formula is C20H20FN5O. The smallest absolute Gasteiger partial charge is 0.263 e. The average Bonchev–Trinajstić information content (AvgIpc) is 2.69. The van der Waals surface area contributed by atoms with Crippen LogP contribution in [-0.4, -0.2) is 38.6 Å². The Morgan fingerprint density at radius 1 is 1.15 bits per heavy atom. The first kappa shape index (κ1) is 16.4. The maximum Gasteiger partial charge on any atom is 0.263 e. The van der Waals surface area contributed by atoms with Crippen molar-refractivity contribution in [3.8, 4) is 0 Å². The summed E-state index contributed by atoms with van der Waals surface area (Å²) in [7, 11) is 2.14. The standard InChI is InChI=1S/C20H20FN5O/c1-25-14-8-15(25)10-16(9-14)26-19(27)17-7-12(21)4-5-18(17)24-20(26)23-13-3-2-6-22-11-13/h2-7,11,14-16H,8-10H2,1H3,(H,23,24)/t14-,15?,16?/m0/s1. The van der Waals surface area contributed by atoms with Crippen molar-refractivity contribution in [1.82, 2.24) is 19.4 Å². The van der Waals surface area contributed by atoms with Gasteiger partial charge in [0.2, 0.25) is 5.95 Å². The predicted molar refractivity (Wildman–Crippen MR) is 102 cm³/mol. The number of hydrogen-bond donors (Lipinski definition) is 1. The summed E-state index contributed by atoms with van der Waals surface area (Å²) in [4.78, 5) is 24.4. The lowest BCUT2D eigenvalue weighted by atomic mass is 9.77. The SMILES string of the molecule is CN1C2CC(n3c(Nc4cccnc4)nc4ccc(F)cc4c3=O)C[C@@H]1C2. The van der Waals surface area contributed by atoms with Gasteiger partial charge in [-0.05, 0) is 56.6 Å². The maximum absolute atomic E-state index is 13.8. The van der Waals surface area contributed by atoms with E-state index in [-0.39, 0.29) is 11.6 Å². The van der Waals surface area contributed by atoms with Crippen LogP contribution in [0, 0.1) is 5.82 Å². The van der Waals surface area contributed by atoms with E-state index >= 15 is 0 Å². The first-order valence-electron chi connectivity index (χ1n) is 9.21. The molecule has 0 radical (unpaired) electrons. The van der Waals surface area contributed by atoms with Gasteiger partial charge in [-0.3, -0.25) is 14.3 Å². The van der Waals surface area contributed by atoms with Crippen LogP contribution >= 0.6 is 0 Å². The third-order valence-electron chi connectivity index (χ3n) is 5.93. The number of piperidine rings is 1. The largest absolute Gasteiger partial charge is 0.324 e. The molecule has 6 nitrogen and oxygen atoms in total. The minimum absolute atomic E-state index is 0.0526. The van der Waals surface area contributed by atoms with E-state index in [9.17, 15) is 9.18 Å². The summed E-state index contributed by atoms with van der Waals surface area (Å²) in [6.07, 6.45) is 6.37. The van der Waals surface area contributed by atoms with E-state index in [0.717, 1.165) is 18.5 Å². The van der Waals surface area contributed by atoms with Crippen molar-refractivity contribution >= 4 is 22.5 Å². The van der Waals surface area contributed by atoms with E-state index in [4.69, 9.17) is 0 Å². The molecule has 3 atom stereocenters. The fourth-order valence-electron chi connectivity index (χ4n) is 4.43. The fourth-order valence-corrected chi connectivity index (χ4v) is 4.43. The van der Waals surface area contributed by atoms with Crippen molar-refractivity contribution in [1.29, 1.82) is 0 Å². The summed E-state index contributed by atoms with van der Waals surface area (Å²) in [6, 6.07) is 8.91.